The molecule has 0 saturated carbocycles. The summed E-state index contributed by atoms with van der Waals surface area (Å²) in [5.41, 5.74) is 7.32. The number of likely N-dealkylation sites (tertiary alicyclic amines) is 1. The first-order valence-corrected chi connectivity index (χ1v) is 7.70. The van der Waals surface area contributed by atoms with Gasteiger partial charge < -0.3 is 15.7 Å². The fraction of sp³-hybridized carbons (Fsp3) is 0.429. The second-order valence-electron chi connectivity index (χ2n) is 5.65. The SMILES string of the molecule is Nc1nnc(Cl)cc1-c1cnn(C[C@@H]2CCCN(C(=O)O)C2)c1. The first kappa shape index (κ1) is 15.5. The van der Waals surface area contributed by atoms with Gasteiger partial charge in [-0.3, -0.25) is 4.68 Å². The van der Waals surface area contributed by atoms with Crippen molar-refractivity contribution < 1.29 is 9.90 Å². The van der Waals surface area contributed by atoms with Crippen molar-refractivity contribution in [3.8, 4) is 11.1 Å². The quantitative estimate of drug-likeness (QED) is 0.886. The molecule has 1 amide bonds. The number of piperidine rings is 1. The second kappa shape index (κ2) is 6.41. The number of nitrogens with zero attached hydrogens (tertiary/aromatic N) is 5. The Balaban J connectivity index is 1.72. The maximum Gasteiger partial charge on any atom is 0.407 e. The van der Waals surface area contributed by atoms with Crippen LogP contribution in [-0.4, -0.2) is 49.2 Å². The van der Waals surface area contributed by atoms with Crippen molar-refractivity contribution >= 4 is 23.5 Å². The van der Waals surface area contributed by atoms with Gasteiger partial charge in [0.2, 0.25) is 0 Å². The van der Waals surface area contributed by atoms with Gasteiger partial charge in [0.05, 0.1) is 6.20 Å². The lowest BCUT2D eigenvalue weighted by Crippen LogP contribution is -2.40. The minimum Gasteiger partial charge on any atom is -0.465 e. The van der Waals surface area contributed by atoms with Gasteiger partial charge >= 0.3 is 6.09 Å². The molecule has 1 atom stereocenters. The number of amides is 1. The van der Waals surface area contributed by atoms with Crippen LogP contribution in [0.15, 0.2) is 18.5 Å². The van der Waals surface area contributed by atoms with Crippen LogP contribution in [0.4, 0.5) is 10.6 Å². The highest BCUT2D eigenvalue weighted by Gasteiger charge is 2.23. The van der Waals surface area contributed by atoms with Crippen molar-refractivity contribution in [3.63, 3.8) is 0 Å². The number of rotatable bonds is 3. The van der Waals surface area contributed by atoms with Gasteiger partial charge in [-0.1, -0.05) is 11.6 Å². The zero-order valence-corrected chi connectivity index (χ0v) is 13.1. The molecule has 0 radical (unpaired) electrons. The first-order valence-electron chi connectivity index (χ1n) is 7.32. The van der Waals surface area contributed by atoms with Gasteiger partial charge in [-0.15, -0.1) is 10.2 Å². The normalized spacial score (nSPS) is 18.1. The van der Waals surface area contributed by atoms with Crippen molar-refractivity contribution in [1.29, 1.82) is 0 Å². The highest BCUT2D eigenvalue weighted by Crippen LogP contribution is 2.26. The Hall–Kier alpha value is -2.35. The molecule has 1 aliphatic heterocycles. The minimum absolute atomic E-state index is 0.254. The van der Waals surface area contributed by atoms with E-state index < -0.39 is 6.09 Å². The minimum atomic E-state index is -0.860. The number of hydrogen-bond donors (Lipinski definition) is 2. The molecule has 1 fully saturated rings. The molecule has 1 saturated heterocycles. The average molecular weight is 337 g/mol. The van der Waals surface area contributed by atoms with Crippen molar-refractivity contribution in [2.75, 3.05) is 18.8 Å². The van der Waals surface area contributed by atoms with Gasteiger partial charge in [0.1, 0.15) is 0 Å². The molecule has 9 heteroatoms. The van der Waals surface area contributed by atoms with Crippen LogP contribution >= 0.6 is 11.6 Å². The standard InChI is InChI=1S/C14H17ClN6O2/c15-12-4-11(13(16)19-18-12)10-5-17-21(8-10)7-9-2-1-3-20(6-9)14(22)23/h4-5,8-9H,1-3,6-7H2,(H2,16,19)(H,22,23)/t9-/m1/s1. The van der Waals surface area contributed by atoms with Gasteiger partial charge in [0.25, 0.3) is 0 Å². The van der Waals surface area contributed by atoms with Crippen LogP contribution in [0.1, 0.15) is 12.8 Å². The molecule has 8 nitrogen and oxygen atoms in total. The van der Waals surface area contributed by atoms with E-state index in [1.54, 1.807) is 16.9 Å². The largest absolute Gasteiger partial charge is 0.465 e. The maximum absolute atomic E-state index is 11.1. The van der Waals surface area contributed by atoms with Gasteiger partial charge in [-0.05, 0) is 24.8 Å². The number of nitrogen functional groups attached to an aromatic ring is 1. The molecule has 0 aromatic carbocycles. The monoisotopic (exact) mass is 336 g/mol. The van der Waals surface area contributed by atoms with E-state index in [0.717, 1.165) is 18.4 Å². The molecule has 1 aliphatic rings. The summed E-state index contributed by atoms with van der Waals surface area (Å²) in [7, 11) is 0. The zero-order chi connectivity index (χ0) is 16.4. The van der Waals surface area contributed by atoms with Crippen LogP contribution < -0.4 is 5.73 Å². The lowest BCUT2D eigenvalue weighted by Gasteiger charge is -2.30. The number of carboxylic acid groups (broad SMARTS) is 1. The summed E-state index contributed by atoms with van der Waals surface area (Å²) in [4.78, 5) is 12.5. The van der Waals surface area contributed by atoms with E-state index >= 15 is 0 Å². The van der Waals surface area contributed by atoms with Crippen molar-refractivity contribution in [2.24, 2.45) is 5.92 Å². The highest BCUT2D eigenvalue weighted by atomic mass is 35.5. The van der Waals surface area contributed by atoms with Crippen LogP contribution in [0.5, 0.6) is 0 Å². The van der Waals surface area contributed by atoms with Crippen LogP contribution in [0.2, 0.25) is 5.15 Å². The number of aromatic nitrogens is 4. The Bertz CT molecular complexity index is 719. The molecular weight excluding hydrogens is 320 g/mol. The van der Waals surface area contributed by atoms with Crippen molar-refractivity contribution in [2.45, 2.75) is 19.4 Å². The molecule has 23 heavy (non-hydrogen) atoms. The van der Waals surface area contributed by atoms with E-state index in [1.807, 2.05) is 6.20 Å². The molecule has 122 valence electrons. The van der Waals surface area contributed by atoms with Crippen LogP contribution in [0.25, 0.3) is 11.1 Å². The summed E-state index contributed by atoms with van der Waals surface area (Å²) in [6.07, 6.45) is 4.57. The van der Waals surface area contributed by atoms with Crippen molar-refractivity contribution in [3.05, 3.63) is 23.6 Å². The van der Waals surface area contributed by atoms with Crippen molar-refractivity contribution in [1.82, 2.24) is 24.9 Å². The third-order valence-corrected chi connectivity index (χ3v) is 4.16. The molecule has 0 bridgehead atoms. The van der Waals surface area contributed by atoms with Gasteiger partial charge in [0.15, 0.2) is 11.0 Å². The van der Waals surface area contributed by atoms with E-state index in [-0.39, 0.29) is 11.1 Å². The highest BCUT2D eigenvalue weighted by molar-refractivity contribution is 6.29. The van der Waals surface area contributed by atoms with Gasteiger partial charge in [-0.25, -0.2) is 4.79 Å². The molecule has 0 aliphatic carbocycles. The number of hydrogen-bond acceptors (Lipinski definition) is 5. The summed E-state index contributed by atoms with van der Waals surface area (Å²) < 4.78 is 1.80. The van der Waals surface area contributed by atoms with Crippen LogP contribution in [0.3, 0.4) is 0 Å². The Morgan fingerprint density at radius 2 is 2.30 bits per heavy atom. The predicted molar refractivity (Wildman–Crippen MR) is 85.0 cm³/mol. The smallest absolute Gasteiger partial charge is 0.407 e. The number of nitrogens with two attached hydrogens (primary N) is 1. The molecule has 3 heterocycles. The van der Waals surface area contributed by atoms with Crippen LogP contribution in [0, 0.1) is 5.92 Å². The van der Waals surface area contributed by atoms with E-state index in [0.29, 0.717) is 31.0 Å². The van der Waals surface area contributed by atoms with E-state index in [9.17, 15) is 4.79 Å². The summed E-state index contributed by atoms with van der Waals surface area (Å²) >= 11 is 5.86. The average Bonchev–Trinajstić information content (AvgIpc) is 2.98. The molecule has 2 aromatic heterocycles. The topological polar surface area (TPSA) is 110 Å². The number of carbonyl (C=O) groups is 1. The summed E-state index contributed by atoms with van der Waals surface area (Å²) in [6.45, 7) is 1.80. The fourth-order valence-corrected chi connectivity index (χ4v) is 3.01. The van der Waals surface area contributed by atoms with E-state index in [2.05, 4.69) is 15.3 Å². The molecule has 0 unspecified atom stereocenters. The Kier molecular flexibility index (Phi) is 4.33. The lowest BCUT2D eigenvalue weighted by atomic mass is 9.98. The fourth-order valence-electron chi connectivity index (χ4n) is 2.86. The molecule has 3 rings (SSSR count). The summed E-state index contributed by atoms with van der Waals surface area (Å²) in [5, 5.41) is 21.2. The summed E-state index contributed by atoms with van der Waals surface area (Å²) in [6, 6.07) is 1.65. The second-order valence-corrected chi connectivity index (χ2v) is 6.04. The van der Waals surface area contributed by atoms with Gasteiger partial charge in [0, 0.05) is 37.0 Å². The number of halogens is 1. The zero-order valence-electron chi connectivity index (χ0n) is 12.4. The van der Waals surface area contributed by atoms with Crippen LogP contribution in [-0.2, 0) is 6.54 Å². The van der Waals surface area contributed by atoms with E-state index in [4.69, 9.17) is 22.4 Å². The van der Waals surface area contributed by atoms with Gasteiger partial charge in [-0.2, -0.15) is 5.10 Å². The molecule has 3 N–H and O–H groups in total. The Labute approximate surface area is 137 Å². The Morgan fingerprint density at radius 1 is 1.48 bits per heavy atom. The summed E-state index contributed by atoms with van der Waals surface area (Å²) in [5.74, 6) is 0.549. The first-order chi connectivity index (χ1) is 11.0. The maximum atomic E-state index is 11.1. The molecular formula is C14H17ClN6O2. The molecule has 0 spiro atoms. The molecule has 2 aromatic rings. The number of anilines is 1. The predicted octanol–water partition coefficient (Wildman–Crippen LogP) is 1.97. The third-order valence-electron chi connectivity index (χ3n) is 3.97. The third kappa shape index (κ3) is 3.53. The van der Waals surface area contributed by atoms with E-state index in [1.165, 1.54) is 4.90 Å². The Morgan fingerprint density at radius 3 is 3.09 bits per heavy atom. The lowest BCUT2D eigenvalue weighted by molar-refractivity contribution is 0.115.